The van der Waals surface area contributed by atoms with Crippen LogP contribution in [0.2, 0.25) is 0 Å². The molecule has 0 aromatic heterocycles. The van der Waals surface area contributed by atoms with Gasteiger partial charge in [0.1, 0.15) is 6.61 Å². The molecule has 0 radical (unpaired) electrons. The Morgan fingerprint density at radius 2 is 2.12 bits per heavy atom. The zero-order valence-corrected chi connectivity index (χ0v) is 9.48. The Hall–Kier alpha value is -1.85. The average molecular weight is 245 g/mol. The third-order valence-electron chi connectivity index (χ3n) is 2.10. The number of methoxy groups -OCH3 is 1. The molecule has 0 atom stereocenters. The number of halogens is 2. The van der Waals surface area contributed by atoms with E-state index >= 15 is 0 Å². The highest BCUT2D eigenvalue weighted by molar-refractivity contribution is 5.98. The molecular formula is C11H13F2NO3. The first-order valence-corrected chi connectivity index (χ1v) is 4.86. The van der Waals surface area contributed by atoms with Gasteiger partial charge in [-0.1, -0.05) is 5.16 Å². The van der Waals surface area contributed by atoms with Crippen molar-refractivity contribution in [3.05, 3.63) is 23.8 Å². The smallest absolute Gasteiger partial charge is 0.272 e. The number of ether oxygens (including phenoxy) is 2. The van der Waals surface area contributed by atoms with Gasteiger partial charge in [-0.2, -0.15) is 0 Å². The van der Waals surface area contributed by atoms with E-state index in [4.69, 9.17) is 14.7 Å². The third-order valence-corrected chi connectivity index (χ3v) is 2.10. The molecule has 0 bridgehead atoms. The van der Waals surface area contributed by atoms with Gasteiger partial charge in [0.05, 0.1) is 12.8 Å². The van der Waals surface area contributed by atoms with E-state index < -0.39 is 13.0 Å². The fourth-order valence-electron chi connectivity index (χ4n) is 1.22. The molecule has 0 unspecified atom stereocenters. The van der Waals surface area contributed by atoms with Crippen molar-refractivity contribution in [1.82, 2.24) is 0 Å². The number of hydrogen-bond acceptors (Lipinski definition) is 4. The van der Waals surface area contributed by atoms with E-state index in [1.54, 1.807) is 19.1 Å². The van der Waals surface area contributed by atoms with E-state index in [2.05, 4.69) is 5.16 Å². The highest BCUT2D eigenvalue weighted by atomic mass is 19.3. The van der Waals surface area contributed by atoms with Crippen molar-refractivity contribution in [2.24, 2.45) is 5.16 Å². The quantitative estimate of drug-likeness (QED) is 0.492. The van der Waals surface area contributed by atoms with Crippen LogP contribution in [0, 0.1) is 0 Å². The molecule has 1 aromatic rings. The van der Waals surface area contributed by atoms with E-state index in [9.17, 15) is 8.78 Å². The monoisotopic (exact) mass is 245 g/mol. The first-order chi connectivity index (χ1) is 8.08. The van der Waals surface area contributed by atoms with Crippen molar-refractivity contribution in [3.8, 4) is 11.5 Å². The van der Waals surface area contributed by atoms with Gasteiger partial charge < -0.3 is 14.7 Å². The number of hydrogen-bond donors (Lipinski definition) is 1. The normalized spacial score (nSPS) is 11.7. The number of alkyl halides is 2. The molecular weight excluding hydrogens is 232 g/mol. The lowest BCUT2D eigenvalue weighted by atomic mass is 10.1. The van der Waals surface area contributed by atoms with E-state index in [0.717, 1.165) is 0 Å². The fraction of sp³-hybridized carbons (Fsp3) is 0.364. The van der Waals surface area contributed by atoms with Gasteiger partial charge in [0, 0.05) is 5.56 Å². The molecule has 0 aliphatic rings. The lowest BCUT2D eigenvalue weighted by molar-refractivity contribution is 0.0804. The van der Waals surface area contributed by atoms with Crippen molar-refractivity contribution in [3.63, 3.8) is 0 Å². The summed E-state index contributed by atoms with van der Waals surface area (Å²) < 4.78 is 33.9. The minimum absolute atomic E-state index is 0.224. The van der Waals surface area contributed by atoms with Crippen LogP contribution < -0.4 is 9.47 Å². The number of benzene rings is 1. The van der Waals surface area contributed by atoms with Gasteiger partial charge in [0.25, 0.3) is 6.43 Å². The van der Waals surface area contributed by atoms with Gasteiger partial charge in [-0.25, -0.2) is 8.78 Å². The lowest BCUT2D eigenvalue weighted by Crippen LogP contribution is -2.08. The lowest BCUT2D eigenvalue weighted by Gasteiger charge is -2.11. The molecule has 0 heterocycles. The van der Waals surface area contributed by atoms with Gasteiger partial charge >= 0.3 is 0 Å². The summed E-state index contributed by atoms with van der Waals surface area (Å²) in [6.45, 7) is 0.914. The molecule has 1 rings (SSSR count). The fourth-order valence-corrected chi connectivity index (χ4v) is 1.22. The molecule has 0 saturated heterocycles. The number of nitrogens with zero attached hydrogens (tertiary/aromatic N) is 1. The van der Waals surface area contributed by atoms with E-state index in [0.29, 0.717) is 17.0 Å². The summed E-state index contributed by atoms with van der Waals surface area (Å²) in [7, 11) is 1.40. The van der Waals surface area contributed by atoms with Gasteiger partial charge in [-0.05, 0) is 25.1 Å². The summed E-state index contributed by atoms with van der Waals surface area (Å²) in [4.78, 5) is 0. The molecule has 0 spiro atoms. The molecule has 94 valence electrons. The molecule has 0 saturated carbocycles. The first-order valence-electron chi connectivity index (χ1n) is 4.86. The highest BCUT2D eigenvalue weighted by Crippen LogP contribution is 2.28. The summed E-state index contributed by atoms with van der Waals surface area (Å²) in [5.41, 5.74) is 1.01. The van der Waals surface area contributed by atoms with Gasteiger partial charge in [0.15, 0.2) is 11.5 Å². The molecule has 17 heavy (non-hydrogen) atoms. The average Bonchev–Trinajstić information content (AvgIpc) is 2.34. The maximum atomic E-state index is 12.0. The SMILES string of the molecule is COc1cc(/C(C)=N/O)ccc1OCC(F)F. The number of oxime groups is 1. The van der Waals surface area contributed by atoms with Crippen molar-refractivity contribution in [2.75, 3.05) is 13.7 Å². The zero-order chi connectivity index (χ0) is 12.8. The van der Waals surface area contributed by atoms with Crippen molar-refractivity contribution in [2.45, 2.75) is 13.3 Å². The first kappa shape index (κ1) is 13.2. The van der Waals surface area contributed by atoms with E-state index in [1.165, 1.54) is 13.2 Å². The topological polar surface area (TPSA) is 51.0 Å². The minimum Gasteiger partial charge on any atom is -0.493 e. The molecule has 1 N–H and O–H groups in total. The zero-order valence-electron chi connectivity index (χ0n) is 9.48. The summed E-state index contributed by atoms with van der Waals surface area (Å²) in [5, 5.41) is 11.7. The second-order valence-electron chi connectivity index (χ2n) is 3.25. The highest BCUT2D eigenvalue weighted by Gasteiger charge is 2.10. The molecule has 0 aliphatic carbocycles. The Labute approximate surface area is 97.5 Å². The maximum absolute atomic E-state index is 12.0. The second-order valence-corrected chi connectivity index (χ2v) is 3.25. The Kier molecular flexibility index (Phi) is 4.68. The van der Waals surface area contributed by atoms with Gasteiger partial charge in [-0.3, -0.25) is 0 Å². The summed E-state index contributed by atoms with van der Waals surface area (Å²) in [6.07, 6.45) is -2.54. The van der Waals surface area contributed by atoms with Crippen LogP contribution in [0.4, 0.5) is 8.78 Å². The van der Waals surface area contributed by atoms with Crippen molar-refractivity contribution >= 4 is 5.71 Å². The predicted octanol–water partition coefficient (Wildman–Crippen LogP) is 2.54. The number of rotatable bonds is 5. The van der Waals surface area contributed by atoms with E-state index in [-0.39, 0.29) is 5.75 Å². The van der Waals surface area contributed by atoms with Crippen LogP contribution in [0.15, 0.2) is 23.4 Å². The summed E-state index contributed by atoms with van der Waals surface area (Å²) in [5.74, 6) is 0.536. The van der Waals surface area contributed by atoms with E-state index in [1.807, 2.05) is 0 Å². The van der Waals surface area contributed by atoms with Crippen LogP contribution in [-0.2, 0) is 0 Å². The summed E-state index contributed by atoms with van der Waals surface area (Å²) in [6, 6.07) is 4.64. The molecule has 1 aromatic carbocycles. The van der Waals surface area contributed by atoms with Gasteiger partial charge in [0.2, 0.25) is 0 Å². The molecule has 6 heteroatoms. The van der Waals surface area contributed by atoms with Crippen LogP contribution in [0.25, 0.3) is 0 Å². The standard InChI is InChI=1S/C11H13F2NO3/c1-7(14-15)8-3-4-9(10(5-8)16-2)17-6-11(12)13/h3-5,11,15H,6H2,1-2H3/b14-7+. The van der Waals surface area contributed by atoms with Crippen LogP contribution in [0.5, 0.6) is 11.5 Å². The predicted molar refractivity (Wildman–Crippen MR) is 58.5 cm³/mol. The third kappa shape index (κ3) is 3.58. The van der Waals surface area contributed by atoms with Gasteiger partial charge in [-0.15, -0.1) is 0 Å². The summed E-state index contributed by atoms with van der Waals surface area (Å²) >= 11 is 0. The van der Waals surface area contributed by atoms with Crippen LogP contribution in [-0.4, -0.2) is 31.1 Å². The second kappa shape index (κ2) is 6.03. The maximum Gasteiger partial charge on any atom is 0.272 e. The van der Waals surface area contributed by atoms with Crippen LogP contribution in [0.3, 0.4) is 0 Å². The van der Waals surface area contributed by atoms with Crippen LogP contribution in [0.1, 0.15) is 12.5 Å². The molecule has 4 nitrogen and oxygen atoms in total. The Balaban J connectivity index is 2.93. The molecule has 0 fully saturated rings. The minimum atomic E-state index is -2.54. The largest absolute Gasteiger partial charge is 0.493 e. The van der Waals surface area contributed by atoms with Crippen molar-refractivity contribution in [1.29, 1.82) is 0 Å². The Bertz CT molecular complexity index is 408. The van der Waals surface area contributed by atoms with Crippen molar-refractivity contribution < 1.29 is 23.5 Å². The van der Waals surface area contributed by atoms with Crippen LogP contribution >= 0.6 is 0 Å². The Morgan fingerprint density at radius 1 is 1.41 bits per heavy atom. The molecule has 0 amide bonds. The molecule has 0 aliphatic heterocycles. The Morgan fingerprint density at radius 3 is 2.65 bits per heavy atom.